The SMILES string of the molecule is C=Cc1ccc(N2C(=O)C3CC=C4C(CC5C(=O)N(c6ccc(C=C)cc6)C(=O)C5C4c4c(O)cccc4OC)C3C2=O)cc1. The second-order valence-electron chi connectivity index (χ2n) is 12.0. The van der Waals surface area contributed by atoms with Crippen LogP contribution in [0.1, 0.15) is 35.4 Å². The summed E-state index contributed by atoms with van der Waals surface area (Å²) in [5.41, 5.74) is 3.84. The first kappa shape index (κ1) is 28.5. The van der Waals surface area contributed by atoms with E-state index in [-0.39, 0.29) is 35.8 Å². The first-order valence-electron chi connectivity index (χ1n) is 15.1. The Morgan fingerprint density at radius 3 is 1.84 bits per heavy atom. The molecular weight excluding hydrogens is 568 g/mol. The van der Waals surface area contributed by atoms with Gasteiger partial charge in [-0.2, -0.15) is 0 Å². The van der Waals surface area contributed by atoms with Gasteiger partial charge in [0.05, 0.1) is 42.2 Å². The summed E-state index contributed by atoms with van der Waals surface area (Å²) < 4.78 is 5.68. The number of aromatic hydroxyl groups is 1. The van der Waals surface area contributed by atoms with Crippen molar-refractivity contribution in [2.24, 2.45) is 29.6 Å². The molecule has 3 aromatic carbocycles. The Labute approximate surface area is 260 Å². The van der Waals surface area contributed by atoms with Crippen molar-refractivity contribution < 1.29 is 29.0 Å². The smallest absolute Gasteiger partial charge is 0.238 e. The van der Waals surface area contributed by atoms with Gasteiger partial charge in [-0.05, 0) is 66.3 Å². The summed E-state index contributed by atoms with van der Waals surface area (Å²) in [4.78, 5) is 58.9. The first-order valence-corrected chi connectivity index (χ1v) is 15.1. The molecule has 0 spiro atoms. The van der Waals surface area contributed by atoms with Crippen LogP contribution in [0, 0.1) is 29.6 Å². The Kier molecular flexibility index (Phi) is 6.80. The fraction of sp³-hybridized carbons (Fsp3) is 0.243. The van der Waals surface area contributed by atoms with E-state index in [1.807, 2.05) is 6.08 Å². The lowest BCUT2D eigenvalue weighted by atomic mass is 9.57. The largest absolute Gasteiger partial charge is 0.508 e. The molecule has 8 heteroatoms. The number of anilines is 2. The third-order valence-corrected chi connectivity index (χ3v) is 10.00. The highest BCUT2D eigenvalue weighted by Gasteiger charge is 2.62. The topological polar surface area (TPSA) is 104 Å². The van der Waals surface area contributed by atoms with Gasteiger partial charge < -0.3 is 9.84 Å². The minimum atomic E-state index is -0.826. The second-order valence-corrected chi connectivity index (χ2v) is 12.0. The van der Waals surface area contributed by atoms with Crippen molar-refractivity contribution >= 4 is 47.2 Å². The number of hydrogen-bond acceptors (Lipinski definition) is 6. The van der Waals surface area contributed by atoms with Crippen LogP contribution in [0.2, 0.25) is 0 Å². The zero-order chi connectivity index (χ0) is 31.6. The van der Waals surface area contributed by atoms with Crippen LogP contribution in [0.5, 0.6) is 11.5 Å². The maximum atomic E-state index is 14.3. The van der Waals surface area contributed by atoms with Gasteiger partial charge in [-0.15, -0.1) is 0 Å². The molecule has 4 aliphatic rings. The Hall–Kier alpha value is -5.24. The number of carbonyl (C=O) groups excluding carboxylic acids is 4. The van der Waals surface area contributed by atoms with Crippen LogP contribution in [0.15, 0.2) is 91.5 Å². The molecule has 6 unspecified atom stereocenters. The summed E-state index contributed by atoms with van der Waals surface area (Å²) in [6.45, 7) is 7.55. The highest BCUT2D eigenvalue weighted by atomic mass is 16.5. The number of nitrogens with zero attached hydrogens (tertiary/aromatic N) is 2. The van der Waals surface area contributed by atoms with E-state index in [2.05, 4.69) is 13.2 Å². The molecule has 2 aliphatic carbocycles. The third kappa shape index (κ3) is 4.19. The quantitative estimate of drug-likeness (QED) is 0.286. The molecule has 45 heavy (non-hydrogen) atoms. The third-order valence-electron chi connectivity index (χ3n) is 10.00. The average molecular weight is 601 g/mol. The van der Waals surface area contributed by atoms with Crippen LogP contribution in [0.3, 0.4) is 0 Å². The molecule has 0 radical (unpaired) electrons. The Morgan fingerprint density at radius 1 is 0.733 bits per heavy atom. The van der Waals surface area contributed by atoms with Gasteiger partial charge in [-0.25, -0.2) is 0 Å². The highest BCUT2D eigenvalue weighted by molar-refractivity contribution is 6.24. The van der Waals surface area contributed by atoms with E-state index in [0.29, 0.717) is 29.1 Å². The number of methoxy groups -OCH3 is 1. The lowest BCUT2D eigenvalue weighted by Crippen LogP contribution is -2.43. The van der Waals surface area contributed by atoms with Crippen molar-refractivity contribution in [2.75, 3.05) is 16.9 Å². The lowest BCUT2D eigenvalue weighted by Gasteiger charge is -2.44. The van der Waals surface area contributed by atoms with Crippen LogP contribution in [0.25, 0.3) is 12.2 Å². The average Bonchev–Trinajstić information content (AvgIpc) is 3.47. The number of hydrogen-bond donors (Lipinski definition) is 1. The van der Waals surface area contributed by atoms with Gasteiger partial charge in [0.15, 0.2) is 0 Å². The molecule has 0 aromatic heterocycles. The van der Waals surface area contributed by atoms with Crippen LogP contribution < -0.4 is 14.5 Å². The number of phenols is 1. The summed E-state index contributed by atoms with van der Waals surface area (Å²) in [5, 5.41) is 11.2. The number of benzene rings is 3. The minimum absolute atomic E-state index is 0.0615. The number of amides is 4. The molecule has 7 rings (SSSR count). The number of allylic oxidation sites excluding steroid dienone is 2. The van der Waals surface area contributed by atoms with E-state index in [1.54, 1.807) is 72.8 Å². The Balaban J connectivity index is 1.34. The van der Waals surface area contributed by atoms with Gasteiger partial charge >= 0.3 is 0 Å². The summed E-state index contributed by atoms with van der Waals surface area (Å²) >= 11 is 0. The van der Waals surface area contributed by atoms with E-state index in [9.17, 15) is 24.3 Å². The molecule has 8 nitrogen and oxygen atoms in total. The fourth-order valence-corrected chi connectivity index (χ4v) is 7.96. The minimum Gasteiger partial charge on any atom is -0.508 e. The van der Waals surface area contributed by atoms with E-state index >= 15 is 0 Å². The zero-order valence-corrected chi connectivity index (χ0v) is 24.8. The number of phenolic OH excluding ortho intramolecular Hbond substituents is 1. The van der Waals surface area contributed by atoms with Gasteiger partial charge in [0.1, 0.15) is 11.5 Å². The number of fused-ring (bicyclic) bond motifs is 4. The fourth-order valence-electron chi connectivity index (χ4n) is 7.96. The van der Waals surface area contributed by atoms with Gasteiger partial charge in [0.25, 0.3) is 0 Å². The standard InChI is InChI=1S/C37H32N2O6/c1-4-20-9-13-22(14-10-20)38-34(41)25-18-17-24-26(30(25)36(38)43)19-27-32(31(24)33-28(40)7-6-8-29(33)45-3)37(44)39(35(27)42)23-15-11-21(5-2)12-16-23/h4-17,25-27,30-32,40H,1-2,18-19H2,3H3. The van der Waals surface area contributed by atoms with Gasteiger partial charge in [-0.1, -0.05) is 67.3 Å². The Bertz CT molecular complexity index is 1810. The van der Waals surface area contributed by atoms with Crippen LogP contribution in [-0.4, -0.2) is 35.8 Å². The lowest BCUT2D eigenvalue weighted by molar-refractivity contribution is -0.126. The van der Waals surface area contributed by atoms with Crippen molar-refractivity contribution in [3.05, 3.63) is 108 Å². The highest BCUT2D eigenvalue weighted by Crippen LogP contribution is 2.60. The number of rotatable bonds is 6. The van der Waals surface area contributed by atoms with Crippen molar-refractivity contribution in [3.63, 3.8) is 0 Å². The maximum Gasteiger partial charge on any atom is 0.238 e. The summed E-state index contributed by atoms with van der Waals surface area (Å²) in [6, 6.07) is 19.0. The molecule has 2 heterocycles. The predicted octanol–water partition coefficient (Wildman–Crippen LogP) is 5.73. The normalized spacial score (nSPS) is 27.1. The van der Waals surface area contributed by atoms with Crippen molar-refractivity contribution in [3.8, 4) is 11.5 Å². The Morgan fingerprint density at radius 2 is 1.29 bits per heavy atom. The van der Waals surface area contributed by atoms with Gasteiger partial charge in [0.2, 0.25) is 23.6 Å². The molecule has 6 atom stereocenters. The van der Waals surface area contributed by atoms with Crippen LogP contribution >= 0.6 is 0 Å². The zero-order valence-electron chi connectivity index (χ0n) is 24.8. The second kappa shape index (κ2) is 10.7. The number of ether oxygens (including phenoxy) is 1. The van der Waals surface area contributed by atoms with E-state index in [1.165, 1.54) is 23.0 Å². The molecule has 3 fully saturated rings. The van der Waals surface area contributed by atoms with E-state index < -0.39 is 35.5 Å². The van der Waals surface area contributed by atoms with Gasteiger partial charge in [-0.3, -0.25) is 29.0 Å². The van der Waals surface area contributed by atoms with Crippen molar-refractivity contribution in [1.29, 1.82) is 0 Å². The molecule has 226 valence electrons. The summed E-state index contributed by atoms with van der Waals surface area (Å²) in [6.07, 6.45) is 5.87. The van der Waals surface area contributed by atoms with E-state index in [0.717, 1.165) is 16.7 Å². The monoisotopic (exact) mass is 600 g/mol. The summed E-state index contributed by atoms with van der Waals surface area (Å²) in [5.74, 6) is -5.12. The molecule has 3 aromatic rings. The van der Waals surface area contributed by atoms with Crippen molar-refractivity contribution in [1.82, 2.24) is 0 Å². The maximum absolute atomic E-state index is 14.3. The first-order chi connectivity index (χ1) is 21.8. The summed E-state index contributed by atoms with van der Waals surface area (Å²) in [7, 11) is 1.49. The molecule has 4 amide bonds. The van der Waals surface area contributed by atoms with Crippen molar-refractivity contribution in [2.45, 2.75) is 18.8 Å². The molecule has 2 aliphatic heterocycles. The molecular formula is C37H32N2O6. The van der Waals surface area contributed by atoms with E-state index in [4.69, 9.17) is 4.74 Å². The molecule has 2 saturated heterocycles. The van der Waals surface area contributed by atoms with Gasteiger partial charge in [0, 0.05) is 11.5 Å². The number of carbonyl (C=O) groups is 4. The molecule has 0 bridgehead atoms. The van der Waals surface area contributed by atoms with Crippen LogP contribution in [-0.2, 0) is 19.2 Å². The number of imide groups is 2. The predicted molar refractivity (Wildman–Crippen MR) is 170 cm³/mol. The molecule has 1 saturated carbocycles. The molecule has 1 N–H and O–H groups in total. The van der Waals surface area contributed by atoms with Crippen LogP contribution in [0.4, 0.5) is 11.4 Å².